The second-order valence-electron chi connectivity index (χ2n) is 4.27. The van der Waals surface area contributed by atoms with Gasteiger partial charge in [0.1, 0.15) is 6.04 Å². The lowest BCUT2D eigenvalue weighted by Gasteiger charge is -2.26. The summed E-state index contributed by atoms with van der Waals surface area (Å²) >= 11 is 0. The van der Waals surface area contributed by atoms with Crippen LogP contribution in [0.4, 0.5) is 0 Å². The fourth-order valence-corrected chi connectivity index (χ4v) is 2.15. The third kappa shape index (κ3) is 2.84. The van der Waals surface area contributed by atoms with Gasteiger partial charge in [0.15, 0.2) is 0 Å². The molecule has 17 heavy (non-hydrogen) atoms. The maximum absolute atomic E-state index is 12.0. The molecular formula is C13H19N3O. The Kier molecular flexibility index (Phi) is 4.12. The van der Waals surface area contributed by atoms with Crippen molar-refractivity contribution >= 4 is 5.91 Å². The van der Waals surface area contributed by atoms with Crippen molar-refractivity contribution in [3.63, 3.8) is 0 Å². The number of carbonyl (C=O) groups is 1. The van der Waals surface area contributed by atoms with Crippen LogP contribution in [0.5, 0.6) is 0 Å². The highest BCUT2D eigenvalue weighted by Crippen LogP contribution is 2.22. The zero-order chi connectivity index (χ0) is 12.1. The van der Waals surface area contributed by atoms with Crippen LogP contribution in [0.2, 0.25) is 0 Å². The molecule has 0 bridgehead atoms. The Morgan fingerprint density at radius 2 is 2.29 bits per heavy atom. The van der Waals surface area contributed by atoms with Crippen LogP contribution in [0.25, 0.3) is 0 Å². The minimum atomic E-state index is -0.210. The van der Waals surface area contributed by atoms with E-state index in [1.165, 1.54) is 5.56 Å². The summed E-state index contributed by atoms with van der Waals surface area (Å²) in [5.41, 5.74) is 7.77. The molecule has 4 heteroatoms. The van der Waals surface area contributed by atoms with E-state index in [0.717, 1.165) is 24.9 Å². The van der Waals surface area contributed by atoms with Crippen molar-refractivity contribution < 1.29 is 4.79 Å². The maximum atomic E-state index is 12.0. The van der Waals surface area contributed by atoms with E-state index < -0.39 is 0 Å². The number of hydrogen-bond donors (Lipinski definition) is 3. The van der Waals surface area contributed by atoms with Crippen LogP contribution in [-0.4, -0.2) is 25.5 Å². The molecule has 1 amide bonds. The van der Waals surface area contributed by atoms with Crippen LogP contribution in [0.15, 0.2) is 24.3 Å². The molecule has 2 rings (SSSR count). The third-order valence-electron chi connectivity index (χ3n) is 3.05. The number of carbonyl (C=O) groups excluding carboxylic acids is 1. The van der Waals surface area contributed by atoms with Crippen LogP contribution in [0.3, 0.4) is 0 Å². The molecule has 1 unspecified atom stereocenters. The highest BCUT2D eigenvalue weighted by atomic mass is 16.2. The molecule has 4 nitrogen and oxygen atoms in total. The zero-order valence-corrected chi connectivity index (χ0v) is 9.91. The van der Waals surface area contributed by atoms with Gasteiger partial charge < -0.3 is 16.4 Å². The average Bonchev–Trinajstić information content (AvgIpc) is 2.38. The first-order chi connectivity index (χ1) is 8.33. The number of amides is 1. The highest BCUT2D eigenvalue weighted by molar-refractivity contribution is 5.83. The smallest absolute Gasteiger partial charge is 0.241 e. The predicted octanol–water partition coefficient (Wildman–Crippen LogP) is 0.338. The van der Waals surface area contributed by atoms with Gasteiger partial charge in [-0.25, -0.2) is 0 Å². The Morgan fingerprint density at radius 3 is 3.12 bits per heavy atom. The summed E-state index contributed by atoms with van der Waals surface area (Å²) < 4.78 is 0. The van der Waals surface area contributed by atoms with E-state index in [1.54, 1.807) is 0 Å². The van der Waals surface area contributed by atoms with E-state index >= 15 is 0 Å². The molecule has 0 saturated heterocycles. The second-order valence-corrected chi connectivity index (χ2v) is 4.27. The van der Waals surface area contributed by atoms with Crippen LogP contribution in [0, 0.1) is 0 Å². The van der Waals surface area contributed by atoms with E-state index in [9.17, 15) is 4.79 Å². The van der Waals surface area contributed by atoms with E-state index in [1.807, 2.05) is 18.2 Å². The maximum Gasteiger partial charge on any atom is 0.241 e. The fourth-order valence-electron chi connectivity index (χ4n) is 2.15. The summed E-state index contributed by atoms with van der Waals surface area (Å²) in [5.74, 6) is 0.0469. The molecule has 1 aliphatic heterocycles. The normalized spacial score (nSPS) is 18.5. The van der Waals surface area contributed by atoms with Gasteiger partial charge in [-0.15, -0.1) is 0 Å². The quantitative estimate of drug-likeness (QED) is 0.657. The van der Waals surface area contributed by atoms with Gasteiger partial charge in [-0.3, -0.25) is 4.79 Å². The summed E-state index contributed by atoms with van der Waals surface area (Å²) in [4.78, 5) is 12.0. The van der Waals surface area contributed by atoms with Gasteiger partial charge in [0.2, 0.25) is 5.91 Å². The van der Waals surface area contributed by atoms with Gasteiger partial charge in [-0.2, -0.15) is 0 Å². The van der Waals surface area contributed by atoms with Crippen LogP contribution < -0.4 is 16.4 Å². The van der Waals surface area contributed by atoms with Crippen molar-refractivity contribution in [2.45, 2.75) is 18.9 Å². The number of fused-ring (bicyclic) bond motifs is 1. The summed E-state index contributed by atoms with van der Waals surface area (Å²) in [6, 6.07) is 7.91. The summed E-state index contributed by atoms with van der Waals surface area (Å²) in [5, 5.41) is 6.17. The molecule has 0 radical (unpaired) electrons. The molecule has 4 N–H and O–H groups in total. The van der Waals surface area contributed by atoms with E-state index in [0.29, 0.717) is 13.1 Å². The first-order valence-corrected chi connectivity index (χ1v) is 6.12. The number of rotatable bonds is 4. The Morgan fingerprint density at radius 1 is 1.47 bits per heavy atom. The van der Waals surface area contributed by atoms with Crippen LogP contribution >= 0.6 is 0 Å². The van der Waals surface area contributed by atoms with Gasteiger partial charge in [0, 0.05) is 13.1 Å². The molecule has 1 atom stereocenters. The van der Waals surface area contributed by atoms with Gasteiger partial charge in [-0.05, 0) is 30.5 Å². The largest absolute Gasteiger partial charge is 0.354 e. The fraction of sp³-hybridized carbons (Fsp3) is 0.462. The van der Waals surface area contributed by atoms with Crippen LogP contribution in [0.1, 0.15) is 23.6 Å². The Balaban J connectivity index is 2.05. The summed E-state index contributed by atoms with van der Waals surface area (Å²) in [6.07, 6.45) is 1.81. The van der Waals surface area contributed by atoms with Gasteiger partial charge in [0.25, 0.3) is 0 Å². The topological polar surface area (TPSA) is 67.1 Å². The predicted molar refractivity (Wildman–Crippen MR) is 67.6 cm³/mol. The molecule has 1 heterocycles. The zero-order valence-electron chi connectivity index (χ0n) is 9.91. The summed E-state index contributed by atoms with van der Waals surface area (Å²) in [6.45, 7) is 2.11. The molecule has 1 aromatic carbocycles. The monoisotopic (exact) mass is 233 g/mol. The lowest BCUT2D eigenvalue weighted by molar-refractivity contribution is -0.123. The number of nitrogens with two attached hydrogens (primary N) is 1. The molecule has 1 aliphatic rings. The lowest BCUT2D eigenvalue weighted by atomic mass is 9.94. The van der Waals surface area contributed by atoms with Gasteiger partial charge in [0.05, 0.1) is 0 Å². The van der Waals surface area contributed by atoms with Gasteiger partial charge in [-0.1, -0.05) is 24.3 Å². The van der Waals surface area contributed by atoms with E-state index in [-0.39, 0.29) is 11.9 Å². The van der Waals surface area contributed by atoms with Crippen molar-refractivity contribution in [2.24, 2.45) is 5.73 Å². The first-order valence-electron chi connectivity index (χ1n) is 6.12. The average molecular weight is 233 g/mol. The minimum absolute atomic E-state index is 0.0469. The Labute approximate surface area is 102 Å². The minimum Gasteiger partial charge on any atom is -0.354 e. The number of hydrogen-bond acceptors (Lipinski definition) is 3. The highest BCUT2D eigenvalue weighted by Gasteiger charge is 2.24. The van der Waals surface area contributed by atoms with Crippen LogP contribution in [-0.2, 0) is 11.2 Å². The van der Waals surface area contributed by atoms with Crippen molar-refractivity contribution in [1.29, 1.82) is 0 Å². The van der Waals surface area contributed by atoms with Crippen molar-refractivity contribution in [3.05, 3.63) is 35.4 Å². The van der Waals surface area contributed by atoms with Crippen molar-refractivity contribution in [2.75, 3.05) is 19.6 Å². The molecule has 0 saturated carbocycles. The Hall–Kier alpha value is -1.39. The number of benzene rings is 1. The third-order valence-corrected chi connectivity index (χ3v) is 3.05. The molecule has 0 aromatic heterocycles. The lowest BCUT2D eigenvalue weighted by Crippen LogP contribution is -2.41. The number of nitrogens with one attached hydrogen (secondary N) is 2. The molecular weight excluding hydrogens is 214 g/mol. The summed E-state index contributed by atoms with van der Waals surface area (Å²) in [7, 11) is 0. The van der Waals surface area contributed by atoms with E-state index in [2.05, 4.69) is 16.7 Å². The molecule has 1 aromatic rings. The Bertz CT molecular complexity index is 392. The van der Waals surface area contributed by atoms with E-state index in [4.69, 9.17) is 5.73 Å². The van der Waals surface area contributed by atoms with Crippen molar-refractivity contribution in [3.8, 4) is 0 Å². The first kappa shape index (κ1) is 12.1. The molecule has 0 spiro atoms. The molecule has 0 aliphatic carbocycles. The van der Waals surface area contributed by atoms with Crippen molar-refractivity contribution in [1.82, 2.24) is 10.6 Å². The second kappa shape index (κ2) is 5.80. The SMILES string of the molecule is NCCCNC(=O)C1NCCc2ccccc21. The molecule has 92 valence electrons. The van der Waals surface area contributed by atoms with Gasteiger partial charge >= 0.3 is 0 Å². The molecule has 0 fully saturated rings. The standard InChI is InChI=1S/C13H19N3O/c14-7-3-8-16-13(17)12-11-5-2-1-4-10(11)6-9-15-12/h1-2,4-5,12,15H,3,6-9,14H2,(H,16,17).